The number of hydrogen-bond donors (Lipinski definition) is 1. The summed E-state index contributed by atoms with van der Waals surface area (Å²) in [6.45, 7) is 2.01. The molecule has 1 aromatic carbocycles. The predicted molar refractivity (Wildman–Crippen MR) is 76.0 cm³/mol. The number of pyridine rings is 1. The molecule has 2 heterocycles. The molecule has 2 aromatic heterocycles. The lowest BCUT2D eigenvalue weighted by Gasteiger charge is -2.12. The van der Waals surface area contributed by atoms with E-state index in [1.54, 1.807) is 6.07 Å². The van der Waals surface area contributed by atoms with Gasteiger partial charge < -0.3 is 9.73 Å². The van der Waals surface area contributed by atoms with Crippen molar-refractivity contribution in [3.05, 3.63) is 65.4 Å². The van der Waals surface area contributed by atoms with Gasteiger partial charge in [0, 0.05) is 5.39 Å². The van der Waals surface area contributed by atoms with E-state index in [0.717, 1.165) is 28.0 Å². The fourth-order valence-electron chi connectivity index (χ4n) is 2.36. The van der Waals surface area contributed by atoms with Gasteiger partial charge >= 0.3 is 0 Å². The summed E-state index contributed by atoms with van der Waals surface area (Å²) in [4.78, 5) is 4.12. The highest BCUT2D eigenvalue weighted by Gasteiger charge is 2.18. The van der Waals surface area contributed by atoms with E-state index in [0.29, 0.717) is 0 Å². The number of nitrogens with zero attached hydrogens (tertiary/aromatic N) is 1. The monoisotopic (exact) mass is 270 g/mol. The summed E-state index contributed by atoms with van der Waals surface area (Å²) in [5, 5.41) is 4.21. The molecule has 0 saturated heterocycles. The number of rotatable bonds is 3. The van der Waals surface area contributed by atoms with E-state index >= 15 is 0 Å². The lowest BCUT2D eigenvalue weighted by molar-refractivity contribution is 0.483. The highest BCUT2D eigenvalue weighted by Crippen LogP contribution is 2.28. The normalized spacial score (nSPS) is 12.8. The molecule has 0 bridgehead atoms. The van der Waals surface area contributed by atoms with Crippen molar-refractivity contribution in [3.63, 3.8) is 0 Å². The Balaban J connectivity index is 2.07. The van der Waals surface area contributed by atoms with Gasteiger partial charge in [-0.1, -0.05) is 18.2 Å². The van der Waals surface area contributed by atoms with Crippen LogP contribution < -0.4 is 5.32 Å². The van der Waals surface area contributed by atoms with Crippen LogP contribution in [0, 0.1) is 12.7 Å². The van der Waals surface area contributed by atoms with Crippen LogP contribution in [-0.4, -0.2) is 12.0 Å². The van der Waals surface area contributed by atoms with Crippen molar-refractivity contribution >= 4 is 11.0 Å². The van der Waals surface area contributed by atoms with Crippen molar-refractivity contribution in [2.75, 3.05) is 7.05 Å². The van der Waals surface area contributed by atoms with Gasteiger partial charge in [-0.2, -0.15) is 0 Å². The van der Waals surface area contributed by atoms with Gasteiger partial charge in [-0.3, -0.25) is 4.98 Å². The van der Waals surface area contributed by atoms with Crippen LogP contribution in [0.25, 0.3) is 11.0 Å². The second-order valence-corrected chi connectivity index (χ2v) is 4.77. The molecular formula is C16H15FN2O. The minimum atomic E-state index is -0.343. The molecule has 0 amide bonds. The average Bonchev–Trinajstić information content (AvgIpc) is 2.87. The summed E-state index contributed by atoms with van der Waals surface area (Å²) in [5.41, 5.74) is 2.70. The Bertz CT molecular complexity index is 734. The smallest absolute Gasteiger partial charge is 0.141 e. The Labute approximate surface area is 116 Å². The average molecular weight is 270 g/mol. The first-order valence-electron chi connectivity index (χ1n) is 6.47. The zero-order valence-corrected chi connectivity index (χ0v) is 11.4. The van der Waals surface area contributed by atoms with Crippen LogP contribution >= 0.6 is 0 Å². The van der Waals surface area contributed by atoms with E-state index in [4.69, 9.17) is 4.42 Å². The number of aryl methyl sites for hydroxylation is 1. The van der Waals surface area contributed by atoms with Gasteiger partial charge in [0.2, 0.25) is 0 Å². The lowest BCUT2D eigenvalue weighted by Crippen LogP contribution is -2.18. The first kappa shape index (κ1) is 12.8. The minimum absolute atomic E-state index is 0.192. The Kier molecular flexibility index (Phi) is 3.24. The van der Waals surface area contributed by atoms with Crippen molar-refractivity contribution in [1.82, 2.24) is 10.3 Å². The van der Waals surface area contributed by atoms with E-state index in [9.17, 15) is 4.39 Å². The fraction of sp³-hybridized carbons (Fsp3) is 0.188. The summed E-state index contributed by atoms with van der Waals surface area (Å²) >= 11 is 0. The Hall–Kier alpha value is -2.20. The molecule has 20 heavy (non-hydrogen) atoms. The highest BCUT2D eigenvalue weighted by molar-refractivity contribution is 5.81. The molecule has 0 aliphatic carbocycles. The molecule has 1 unspecified atom stereocenters. The van der Waals surface area contributed by atoms with E-state index in [2.05, 4.69) is 10.3 Å². The van der Waals surface area contributed by atoms with E-state index < -0.39 is 0 Å². The van der Waals surface area contributed by atoms with Crippen molar-refractivity contribution in [1.29, 1.82) is 0 Å². The summed E-state index contributed by atoms with van der Waals surface area (Å²) in [6, 6.07) is 10.9. The maximum absolute atomic E-state index is 13.0. The number of fused-ring (bicyclic) bond motifs is 1. The number of benzene rings is 1. The summed E-state index contributed by atoms with van der Waals surface area (Å²) < 4.78 is 18.9. The third-order valence-electron chi connectivity index (χ3n) is 3.38. The van der Waals surface area contributed by atoms with Gasteiger partial charge in [0.25, 0.3) is 0 Å². The van der Waals surface area contributed by atoms with Crippen LogP contribution in [0.1, 0.15) is 23.1 Å². The standard InChI is InChI=1S/C16H15FN2O/c1-10-4-3-5-11-8-14(20-16(10)11)15(18-2)13-7-6-12(17)9-19-13/h3-9,15,18H,1-2H3. The number of aromatic nitrogens is 1. The Morgan fingerprint density at radius 1 is 1.25 bits per heavy atom. The molecule has 102 valence electrons. The molecular weight excluding hydrogens is 255 g/mol. The van der Waals surface area contributed by atoms with Crippen molar-refractivity contribution < 1.29 is 8.81 Å². The number of para-hydroxylation sites is 1. The van der Waals surface area contributed by atoms with Gasteiger partial charge in [0.1, 0.15) is 23.2 Å². The Morgan fingerprint density at radius 2 is 2.10 bits per heavy atom. The molecule has 3 rings (SSSR count). The Morgan fingerprint density at radius 3 is 2.75 bits per heavy atom. The second-order valence-electron chi connectivity index (χ2n) is 4.77. The van der Waals surface area contributed by atoms with Gasteiger partial charge in [0.05, 0.1) is 11.9 Å². The molecule has 3 aromatic rings. The maximum atomic E-state index is 13.0. The van der Waals surface area contributed by atoms with Gasteiger partial charge in [-0.05, 0) is 37.7 Å². The predicted octanol–water partition coefficient (Wildman–Crippen LogP) is 3.58. The van der Waals surface area contributed by atoms with Crippen LogP contribution in [0.5, 0.6) is 0 Å². The van der Waals surface area contributed by atoms with Crippen molar-refractivity contribution in [2.45, 2.75) is 13.0 Å². The van der Waals surface area contributed by atoms with Gasteiger partial charge in [0.15, 0.2) is 0 Å². The minimum Gasteiger partial charge on any atom is -0.459 e. The first-order chi connectivity index (χ1) is 9.69. The van der Waals surface area contributed by atoms with E-state index in [1.165, 1.54) is 12.3 Å². The van der Waals surface area contributed by atoms with Crippen LogP contribution in [-0.2, 0) is 0 Å². The third-order valence-corrected chi connectivity index (χ3v) is 3.38. The molecule has 3 nitrogen and oxygen atoms in total. The quantitative estimate of drug-likeness (QED) is 0.790. The number of halogens is 1. The molecule has 4 heteroatoms. The maximum Gasteiger partial charge on any atom is 0.141 e. The van der Waals surface area contributed by atoms with E-state index in [-0.39, 0.29) is 11.9 Å². The third kappa shape index (κ3) is 2.18. The first-order valence-corrected chi connectivity index (χ1v) is 6.47. The summed E-state index contributed by atoms with van der Waals surface area (Å²) in [5.74, 6) is 0.431. The lowest BCUT2D eigenvalue weighted by atomic mass is 10.1. The molecule has 0 saturated carbocycles. The molecule has 1 atom stereocenters. The number of furan rings is 1. The van der Waals surface area contributed by atoms with Crippen LogP contribution in [0.3, 0.4) is 0 Å². The summed E-state index contributed by atoms with van der Waals surface area (Å²) in [7, 11) is 1.83. The second kappa shape index (κ2) is 5.06. The zero-order valence-electron chi connectivity index (χ0n) is 11.4. The molecule has 0 fully saturated rings. The van der Waals surface area contributed by atoms with E-state index in [1.807, 2.05) is 38.2 Å². The van der Waals surface area contributed by atoms with Crippen molar-refractivity contribution in [2.24, 2.45) is 0 Å². The number of nitrogens with one attached hydrogen (secondary N) is 1. The SMILES string of the molecule is CNC(c1ccc(F)cn1)c1cc2cccc(C)c2o1. The van der Waals surface area contributed by atoms with Crippen molar-refractivity contribution in [3.8, 4) is 0 Å². The topological polar surface area (TPSA) is 38.1 Å². The molecule has 0 aliphatic heterocycles. The molecule has 0 spiro atoms. The van der Waals surface area contributed by atoms with Crippen LogP contribution in [0.15, 0.2) is 47.0 Å². The van der Waals surface area contributed by atoms with Gasteiger partial charge in [-0.25, -0.2) is 4.39 Å². The zero-order chi connectivity index (χ0) is 14.1. The molecule has 0 radical (unpaired) electrons. The molecule has 0 aliphatic rings. The molecule has 1 N–H and O–H groups in total. The van der Waals surface area contributed by atoms with Crippen LogP contribution in [0.4, 0.5) is 4.39 Å². The number of hydrogen-bond acceptors (Lipinski definition) is 3. The fourth-order valence-corrected chi connectivity index (χ4v) is 2.36. The van der Waals surface area contributed by atoms with Crippen LogP contribution in [0.2, 0.25) is 0 Å². The highest BCUT2D eigenvalue weighted by atomic mass is 19.1. The van der Waals surface area contributed by atoms with Gasteiger partial charge in [-0.15, -0.1) is 0 Å². The largest absolute Gasteiger partial charge is 0.459 e. The summed E-state index contributed by atoms with van der Waals surface area (Å²) in [6.07, 6.45) is 1.22.